The van der Waals surface area contributed by atoms with E-state index in [1.165, 1.54) is 11.1 Å². The van der Waals surface area contributed by atoms with Crippen molar-refractivity contribution < 1.29 is 4.79 Å². The van der Waals surface area contributed by atoms with Crippen LogP contribution in [-0.2, 0) is 16.8 Å². The first-order chi connectivity index (χ1) is 11.2. The summed E-state index contributed by atoms with van der Waals surface area (Å²) in [5.74, 6) is 0.0785. The maximum absolute atomic E-state index is 12.9. The number of carbonyl (C=O) groups is 1. The second-order valence-electron chi connectivity index (χ2n) is 6.22. The first-order valence-corrected chi connectivity index (χ1v) is 8.25. The Hall–Kier alpha value is -2.14. The Kier molecular flexibility index (Phi) is 4.76. The minimum absolute atomic E-state index is 0.0785. The maximum Gasteiger partial charge on any atom is 0.248 e. The Morgan fingerprint density at radius 3 is 2.70 bits per heavy atom. The highest BCUT2D eigenvalue weighted by Crippen LogP contribution is 2.27. The van der Waals surface area contributed by atoms with Crippen molar-refractivity contribution in [1.29, 1.82) is 0 Å². The van der Waals surface area contributed by atoms with Crippen LogP contribution in [0.3, 0.4) is 0 Å². The van der Waals surface area contributed by atoms with Crippen molar-refractivity contribution in [2.24, 2.45) is 0 Å². The molecule has 1 aliphatic rings. The Balaban J connectivity index is 1.64. The summed E-state index contributed by atoms with van der Waals surface area (Å²) in [5.41, 5.74) is 1.95. The van der Waals surface area contributed by atoms with E-state index in [-0.39, 0.29) is 5.91 Å². The number of aryl methyl sites for hydroxylation is 1. The van der Waals surface area contributed by atoms with Crippen molar-refractivity contribution in [2.45, 2.75) is 31.7 Å². The average Bonchev–Trinajstić information content (AvgIpc) is 3.12. The Labute approximate surface area is 137 Å². The van der Waals surface area contributed by atoms with E-state index in [0.29, 0.717) is 6.54 Å². The third-order valence-corrected chi connectivity index (χ3v) is 4.62. The predicted octanol–water partition coefficient (Wildman–Crippen LogP) is 1.63. The van der Waals surface area contributed by atoms with Gasteiger partial charge in [-0.1, -0.05) is 29.8 Å². The molecule has 1 amide bonds. The van der Waals surface area contributed by atoms with Crippen LogP contribution in [0.15, 0.2) is 42.7 Å². The first-order valence-electron chi connectivity index (χ1n) is 8.25. The smallest absolute Gasteiger partial charge is 0.248 e. The van der Waals surface area contributed by atoms with Crippen LogP contribution < -0.4 is 10.6 Å². The third kappa shape index (κ3) is 3.45. The van der Waals surface area contributed by atoms with E-state index in [1.54, 1.807) is 6.20 Å². The molecule has 5 nitrogen and oxygen atoms in total. The number of hydrogen-bond donors (Lipinski definition) is 2. The van der Waals surface area contributed by atoms with Gasteiger partial charge in [-0.2, -0.15) is 5.10 Å². The molecular formula is C18H24N4O. The van der Waals surface area contributed by atoms with E-state index >= 15 is 0 Å². The second kappa shape index (κ2) is 6.96. The summed E-state index contributed by atoms with van der Waals surface area (Å²) in [6.45, 7) is 4.41. The molecule has 0 unspecified atom stereocenters. The number of amides is 1. The lowest BCUT2D eigenvalue weighted by atomic mass is 9.87. The highest BCUT2D eigenvalue weighted by Gasteiger charge is 2.41. The maximum atomic E-state index is 12.9. The lowest BCUT2D eigenvalue weighted by Crippen LogP contribution is -2.54. The van der Waals surface area contributed by atoms with Gasteiger partial charge in [0, 0.05) is 18.9 Å². The Morgan fingerprint density at radius 1 is 1.30 bits per heavy atom. The molecule has 2 aromatic rings. The quantitative estimate of drug-likeness (QED) is 0.882. The van der Waals surface area contributed by atoms with E-state index in [1.807, 2.05) is 16.9 Å². The van der Waals surface area contributed by atoms with Gasteiger partial charge in [0.1, 0.15) is 5.54 Å². The summed E-state index contributed by atoms with van der Waals surface area (Å²) in [7, 11) is 0. The Morgan fingerprint density at radius 2 is 2.04 bits per heavy atom. The van der Waals surface area contributed by atoms with Crippen LogP contribution in [0.5, 0.6) is 0 Å². The minimum atomic E-state index is -0.554. The summed E-state index contributed by atoms with van der Waals surface area (Å²) in [6.07, 6.45) is 6.02. The molecule has 3 rings (SSSR count). The molecule has 2 heterocycles. The largest absolute Gasteiger partial charge is 0.354 e. The molecule has 1 saturated heterocycles. The van der Waals surface area contributed by atoms with Crippen LogP contribution >= 0.6 is 0 Å². The molecular weight excluding hydrogens is 288 g/mol. The summed E-state index contributed by atoms with van der Waals surface area (Å²) < 4.78 is 1.83. The van der Waals surface area contributed by atoms with Gasteiger partial charge in [0.05, 0.1) is 0 Å². The molecule has 1 aromatic heterocycles. The number of rotatable bonds is 5. The second-order valence-corrected chi connectivity index (χ2v) is 6.22. The topological polar surface area (TPSA) is 59.0 Å². The highest BCUT2D eigenvalue weighted by molar-refractivity contribution is 5.84. The van der Waals surface area contributed by atoms with Gasteiger partial charge in [-0.15, -0.1) is 0 Å². The first kappa shape index (κ1) is 15.7. The number of piperidine rings is 1. The number of nitrogens with zero attached hydrogens (tertiary/aromatic N) is 2. The zero-order valence-electron chi connectivity index (χ0n) is 13.6. The summed E-state index contributed by atoms with van der Waals surface area (Å²) in [4.78, 5) is 12.9. The molecule has 1 fully saturated rings. The highest BCUT2D eigenvalue weighted by atomic mass is 16.2. The van der Waals surface area contributed by atoms with Gasteiger partial charge in [-0.05, 0) is 50.9 Å². The number of carbonyl (C=O) groups excluding carboxylic acids is 1. The fraction of sp³-hybridized carbons (Fsp3) is 0.444. The zero-order chi connectivity index (χ0) is 16.1. The van der Waals surface area contributed by atoms with Crippen molar-refractivity contribution in [2.75, 3.05) is 19.6 Å². The van der Waals surface area contributed by atoms with Gasteiger partial charge in [0.2, 0.25) is 5.91 Å². The number of hydrogen-bond acceptors (Lipinski definition) is 3. The molecule has 0 atom stereocenters. The summed E-state index contributed by atoms with van der Waals surface area (Å²) in [6, 6.07) is 10.3. The van der Waals surface area contributed by atoms with Gasteiger partial charge in [-0.3, -0.25) is 9.48 Å². The van der Waals surface area contributed by atoms with Crippen molar-refractivity contribution in [3.63, 3.8) is 0 Å². The monoisotopic (exact) mass is 312 g/mol. The zero-order valence-corrected chi connectivity index (χ0v) is 13.6. The van der Waals surface area contributed by atoms with Gasteiger partial charge >= 0.3 is 0 Å². The van der Waals surface area contributed by atoms with Crippen LogP contribution in [0.2, 0.25) is 0 Å². The Bertz CT molecular complexity index is 628. The fourth-order valence-electron chi connectivity index (χ4n) is 3.16. The van der Waals surface area contributed by atoms with E-state index in [4.69, 9.17) is 0 Å². The van der Waals surface area contributed by atoms with Gasteiger partial charge in [-0.25, -0.2) is 0 Å². The summed E-state index contributed by atoms with van der Waals surface area (Å²) in [5, 5.41) is 10.8. The van der Waals surface area contributed by atoms with E-state index in [9.17, 15) is 4.79 Å². The molecule has 5 heteroatoms. The average molecular weight is 312 g/mol. The van der Waals surface area contributed by atoms with Crippen molar-refractivity contribution in [3.05, 3.63) is 53.9 Å². The lowest BCUT2D eigenvalue weighted by Gasteiger charge is -2.36. The molecule has 2 N–H and O–H groups in total. The molecule has 23 heavy (non-hydrogen) atoms. The van der Waals surface area contributed by atoms with Gasteiger partial charge in [0.25, 0.3) is 0 Å². The van der Waals surface area contributed by atoms with Crippen LogP contribution in [0.25, 0.3) is 0 Å². The lowest BCUT2D eigenvalue weighted by molar-refractivity contribution is -0.131. The normalized spacial score (nSPS) is 16.9. The van der Waals surface area contributed by atoms with Crippen LogP contribution in [-0.4, -0.2) is 35.3 Å². The van der Waals surface area contributed by atoms with E-state index < -0.39 is 5.54 Å². The molecule has 0 bridgehead atoms. The van der Waals surface area contributed by atoms with Gasteiger partial charge in [0.15, 0.2) is 0 Å². The molecule has 122 valence electrons. The van der Waals surface area contributed by atoms with E-state index in [2.05, 4.69) is 46.9 Å². The number of benzene rings is 1. The van der Waals surface area contributed by atoms with Crippen molar-refractivity contribution in [3.8, 4) is 0 Å². The minimum Gasteiger partial charge on any atom is -0.354 e. The third-order valence-electron chi connectivity index (χ3n) is 4.62. The van der Waals surface area contributed by atoms with E-state index in [0.717, 1.165) is 32.4 Å². The number of nitrogens with one attached hydrogen (secondary N) is 2. The standard InChI is InChI=1S/C18H24N4O/c1-15-3-5-16(6-4-15)7-11-20-17(23)18(8-12-19-13-9-18)22-14-2-10-21-22/h2-6,10,14,19H,7-9,11-13H2,1H3,(H,20,23). The SMILES string of the molecule is Cc1ccc(CCNC(=O)C2(n3cccn3)CCNCC2)cc1. The predicted molar refractivity (Wildman–Crippen MR) is 90.2 cm³/mol. The molecule has 1 aliphatic heterocycles. The molecule has 0 radical (unpaired) electrons. The fourth-order valence-corrected chi connectivity index (χ4v) is 3.16. The molecule has 0 saturated carbocycles. The van der Waals surface area contributed by atoms with Crippen molar-refractivity contribution >= 4 is 5.91 Å². The van der Waals surface area contributed by atoms with Gasteiger partial charge < -0.3 is 10.6 Å². The van der Waals surface area contributed by atoms with Crippen LogP contribution in [0.1, 0.15) is 24.0 Å². The van der Waals surface area contributed by atoms with Crippen LogP contribution in [0.4, 0.5) is 0 Å². The molecule has 1 aromatic carbocycles. The summed E-state index contributed by atoms with van der Waals surface area (Å²) >= 11 is 0. The van der Waals surface area contributed by atoms with Crippen LogP contribution in [0, 0.1) is 6.92 Å². The molecule has 0 aliphatic carbocycles. The molecule has 0 spiro atoms. The number of aromatic nitrogens is 2. The van der Waals surface area contributed by atoms with Crippen molar-refractivity contribution in [1.82, 2.24) is 20.4 Å².